The second-order valence-corrected chi connectivity index (χ2v) is 7.67. The first-order chi connectivity index (χ1) is 15.9. The highest BCUT2D eigenvalue weighted by molar-refractivity contribution is 5.77. The Labute approximate surface area is 189 Å². The molecule has 1 N–H and O–H groups in total. The molecule has 2 aromatic carbocycles. The number of aryl methyl sites for hydroxylation is 2. The first kappa shape index (κ1) is 22.1. The van der Waals surface area contributed by atoms with Crippen molar-refractivity contribution < 1.29 is 9.53 Å². The zero-order chi connectivity index (χ0) is 23.5. The van der Waals surface area contributed by atoms with Crippen molar-refractivity contribution in [2.75, 3.05) is 6.61 Å². The lowest BCUT2D eigenvalue weighted by molar-refractivity contribution is -0.122. The van der Waals surface area contributed by atoms with Crippen LogP contribution in [0.25, 0.3) is 11.2 Å². The van der Waals surface area contributed by atoms with Gasteiger partial charge >= 0.3 is 5.69 Å². The van der Waals surface area contributed by atoms with Crippen LogP contribution in [0.2, 0.25) is 0 Å². The smallest absolute Gasteiger partial charge is 0.332 e. The lowest BCUT2D eigenvalue weighted by Crippen LogP contribution is -2.44. The molecule has 2 aromatic heterocycles. The van der Waals surface area contributed by atoms with Crippen LogP contribution in [0.5, 0.6) is 5.75 Å². The number of hydrogen-bond acceptors (Lipinski definition) is 5. The molecular weight excluding hydrogens is 422 g/mol. The topological polar surface area (TPSA) is 100 Å². The highest BCUT2D eigenvalue weighted by Gasteiger charge is 2.20. The fourth-order valence-electron chi connectivity index (χ4n) is 3.81. The van der Waals surface area contributed by atoms with Gasteiger partial charge < -0.3 is 14.6 Å². The van der Waals surface area contributed by atoms with E-state index >= 15 is 0 Å². The number of nitrogens with zero attached hydrogens (tertiary/aromatic N) is 4. The molecule has 0 aliphatic heterocycles. The molecule has 33 heavy (non-hydrogen) atoms. The van der Waals surface area contributed by atoms with Gasteiger partial charge in [-0.1, -0.05) is 42.5 Å². The van der Waals surface area contributed by atoms with E-state index in [4.69, 9.17) is 4.74 Å². The van der Waals surface area contributed by atoms with Crippen LogP contribution in [0, 0.1) is 0 Å². The fourth-order valence-corrected chi connectivity index (χ4v) is 3.81. The van der Waals surface area contributed by atoms with Crippen molar-refractivity contribution in [1.82, 2.24) is 24.0 Å². The highest BCUT2D eigenvalue weighted by Crippen LogP contribution is 2.24. The summed E-state index contributed by atoms with van der Waals surface area (Å²) in [6.45, 7) is 2.06. The van der Waals surface area contributed by atoms with Gasteiger partial charge in [-0.25, -0.2) is 14.3 Å². The van der Waals surface area contributed by atoms with E-state index in [-0.39, 0.29) is 11.2 Å². The number of rotatable bonds is 7. The minimum absolute atomic E-state index is 0.260. The molecule has 0 bridgehead atoms. The summed E-state index contributed by atoms with van der Waals surface area (Å²) < 4.78 is 9.25. The summed E-state index contributed by atoms with van der Waals surface area (Å²) in [6.07, 6.45) is 1.47. The minimum Gasteiger partial charge on any atom is -0.494 e. The standard InChI is InChI=1S/C24H25N5O4/c1-4-33-18-12-10-17(11-13-18)20(16-8-6-5-7-9-16)26-19(30)14-29-23(31)21-22(25-15-27(21)2)28(3)24(29)32/h5-13,15,20H,4,14H2,1-3H3,(H,26,30). The highest BCUT2D eigenvalue weighted by atomic mass is 16.5. The Balaban J connectivity index is 1.66. The summed E-state index contributed by atoms with van der Waals surface area (Å²) in [5, 5.41) is 2.97. The predicted octanol–water partition coefficient (Wildman–Crippen LogP) is 1.74. The van der Waals surface area contributed by atoms with Crippen molar-refractivity contribution in [3.63, 3.8) is 0 Å². The Kier molecular flexibility index (Phi) is 6.12. The Morgan fingerprint density at radius 1 is 1.03 bits per heavy atom. The summed E-state index contributed by atoms with van der Waals surface area (Å²) in [6, 6.07) is 16.5. The van der Waals surface area contributed by atoms with Crippen molar-refractivity contribution in [2.45, 2.75) is 19.5 Å². The quantitative estimate of drug-likeness (QED) is 0.465. The van der Waals surface area contributed by atoms with Gasteiger partial charge in [-0.05, 0) is 30.2 Å². The third-order valence-electron chi connectivity index (χ3n) is 5.47. The molecule has 1 atom stereocenters. The molecule has 170 valence electrons. The van der Waals surface area contributed by atoms with Gasteiger partial charge in [0.1, 0.15) is 12.3 Å². The molecule has 9 nitrogen and oxygen atoms in total. The van der Waals surface area contributed by atoms with Gasteiger partial charge in [0, 0.05) is 14.1 Å². The summed E-state index contributed by atoms with van der Waals surface area (Å²) >= 11 is 0. The third-order valence-corrected chi connectivity index (χ3v) is 5.47. The predicted molar refractivity (Wildman–Crippen MR) is 124 cm³/mol. The van der Waals surface area contributed by atoms with Crippen molar-refractivity contribution in [3.05, 3.63) is 92.9 Å². The maximum Gasteiger partial charge on any atom is 0.332 e. The number of amides is 1. The Morgan fingerprint density at radius 2 is 1.70 bits per heavy atom. The minimum atomic E-state index is -0.598. The number of hydrogen-bond donors (Lipinski definition) is 1. The second kappa shape index (κ2) is 9.15. The Bertz CT molecular complexity index is 1400. The molecule has 0 fully saturated rings. The molecule has 2 heterocycles. The van der Waals surface area contributed by atoms with Gasteiger partial charge in [-0.3, -0.25) is 14.2 Å². The van der Waals surface area contributed by atoms with Crippen LogP contribution in [0.1, 0.15) is 24.1 Å². The largest absolute Gasteiger partial charge is 0.494 e. The molecular formula is C24H25N5O4. The van der Waals surface area contributed by atoms with Crippen molar-refractivity contribution in [1.29, 1.82) is 0 Å². The average Bonchev–Trinajstić information content (AvgIpc) is 3.22. The number of nitrogens with one attached hydrogen (secondary N) is 1. The maximum atomic E-state index is 13.0. The molecule has 1 amide bonds. The number of fused-ring (bicyclic) bond motifs is 1. The molecule has 4 aromatic rings. The van der Waals surface area contributed by atoms with Crippen LogP contribution in [-0.4, -0.2) is 31.2 Å². The Morgan fingerprint density at radius 3 is 2.36 bits per heavy atom. The number of ether oxygens (including phenoxy) is 1. The zero-order valence-electron chi connectivity index (χ0n) is 18.7. The number of aromatic nitrogens is 4. The van der Waals surface area contributed by atoms with E-state index in [1.54, 1.807) is 7.05 Å². The van der Waals surface area contributed by atoms with E-state index in [0.29, 0.717) is 6.61 Å². The van der Waals surface area contributed by atoms with Gasteiger partial charge in [0.2, 0.25) is 5.91 Å². The summed E-state index contributed by atoms with van der Waals surface area (Å²) in [5.74, 6) is 0.275. The zero-order valence-corrected chi connectivity index (χ0v) is 18.7. The summed E-state index contributed by atoms with van der Waals surface area (Å²) in [7, 11) is 3.20. The van der Waals surface area contributed by atoms with E-state index in [2.05, 4.69) is 10.3 Å². The van der Waals surface area contributed by atoms with Crippen molar-refractivity contribution in [3.8, 4) is 5.75 Å². The van der Waals surface area contributed by atoms with E-state index in [0.717, 1.165) is 21.4 Å². The van der Waals surface area contributed by atoms with Gasteiger partial charge in [0.05, 0.1) is 19.0 Å². The second-order valence-electron chi connectivity index (χ2n) is 7.67. The fraction of sp³-hybridized carbons (Fsp3) is 0.250. The molecule has 0 aliphatic rings. The van der Waals surface area contributed by atoms with Crippen molar-refractivity contribution in [2.24, 2.45) is 14.1 Å². The number of imidazole rings is 1. The van der Waals surface area contributed by atoms with Gasteiger partial charge in [0.15, 0.2) is 11.2 Å². The molecule has 9 heteroatoms. The monoisotopic (exact) mass is 447 g/mol. The molecule has 0 spiro atoms. The van der Waals surface area contributed by atoms with Crippen LogP contribution in [0.15, 0.2) is 70.5 Å². The lowest BCUT2D eigenvalue weighted by atomic mass is 9.98. The van der Waals surface area contributed by atoms with E-state index in [1.165, 1.54) is 22.5 Å². The van der Waals surface area contributed by atoms with Crippen LogP contribution in [0.3, 0.4) is 0 Å². The van der Waals surface area contributed by atoms with Crippen LogP contribution in [-0.2, 0) is 25.4 Å². The summed E-state index contributed by atoms with van der Waals surface area (Å²) in [5.41, 5.74) is 1.11. The van der Waals surface area contributed by atoms with E-state index in [9.17, 15) is 14.4 Å². The molecule has 1 unspecified atom stereocenters. The maximum absolute atomic E-state index is 13.0. The first-order valence-electron chi connectivity index (χ1n) is 10.6. The van der Waals surface area contributed by atoms with E-state index < -0.39 is 29.7 Å². The molecule has 0 aliphatic carbocycles. The number of benzene rings is 2. The van der Waals surface area contributed by atoms with Crippen LogP contribution < -0.4 is 21.3 Å². The van der Waals surface area contributed by atoms with Gasteiger partial charge in [-0.2, -0.15) is 0 Å². The molecule has 0 radical (unpaired) electrons. The van der Waals surface area contributed by atoms with Crippen LogP contribution >= 0.6 is 0 Å². The number of carbonyl (C=O) groups is 1. The van der Waals surface area contributed by atoms with E-state index in [1.807, 2.05) is 61.5 Å². The van der Waals surface area contributed by atoms with Gasteiger partial charge in [-0.15, -0.1) is 0 Å². The molecule has 0 saturated carbocycles. The molecule has 0 saturated heterocycles. The first-order valence-corrected chi connectivity index (χ1v) is 10.6. The summed E-state index contributed by atoms with van der Waals surface area (Å²) in [4.78, 5) is 42.9. The van der Waals surface area contributed by atoms with Crippen molar-refractivity contribution >= 4 is 17.1 Å². The average molecular weight is 447 g/mol. The lowest BCUT2D eigenvalue weighted by Gasteiger charge is -2.20. The Hall–Kier alpha value is -4.14. The van der Waals surface area contributed by atoms with Gasteiger partial charge in [0.25, 0.3) is 5.56 Å². The van der Waals surface area contributed by atoms with Crippen LogP contribution in [0.4, 0.5) is 0 Å². The normalized spacial score (nSPS) is 12.0. The third kappa shape index (κ3) is 4.30. The molecule has 4 rings (SSSR count). The SMILES string of the molecule is CCOc1ccc(C(NC(=O)Cn2c(=O)c3c(ncn3C)n(C)c2=O)c2ccccc2)cc1. The number of carbonyl (C=O) groups excluding carboxylic acids is 1.